The van der Waals surface area contributed by atoms with Crippen molar-refractivity contribution in [1.82, 2.24) is 10.2 Å². The Labute approximate surface area is 146 Å². The summed E-state index contributed by atoms with van der Waals surface area (Å²) >= 11 is 0. The molecule has 132 valence electrons. The number of carbonyl (C=O) groups excluding carboxylic acids is 2. The van der Waals surface area contributed by atoms with Gasteiger partial charge in [0.2, 0.25) is 5.91 Å². The van der Waals surface area contributed by atoms with Crippen LogP contribution in [0.1, 0.15) is 28.8 Å². The maximum atomic E-state index is 12.2. The predicted octanol–water partition coefficient (Wildman–Crippen LogP) is 2.22. The van der Waals surface area contributed by atoms with Crippen LogP contribution in [0.15, 0.2) is 53.3 Å². The first-order valence-electron chi connectivity index (χ1n) is 8.45. The van der Waals surface area contributed by atoms with Crippen LogP contribution in [0, 0.1) is 0 Å². The number of hydrogen-bond acceptors (Lipinski definition) is 4. The van der Waals surface area contributed by atoms with Gasteiger partial charge in [-0.2, -0.15) is 0 Å². The van der Waals surface area contributed by atoms with Crippen molar-refractivity contribution in [1.29, 1.82) is 0 Å². The maximum absolute atomic E-state index is 12.2. The Kier molecular flexibility index (Phi) is 5.85. The topological polar surface area (TPSA) is 71.8 Å². The lowest BCUT2D eigenvalue weighted by molar-refractivity contribution is -0.127. The molecule has 3 rings (SSSR count). The Morgan fingerprint density at radius 1 is 1.16 bits per heavy atom. The van der Waals surface area contributed by atoms with Gasteiger partial charge in [-0.3, -0.25) is 9.59 Å². The molecule has 1 N–H and O–H groups in total. The van der Waals surface area contributed by atoms with E-state index in [9.17, 15) is 9.59 Å². The molecule has 1 aromatic carbocycles. The number of hydrogen-bond donors (Lipinski definition) is 1. The van der Waals surface area contributed by atoms with Crippen molar-refractivity contribution in [3.8, 4) is 0 Å². The summed E-state index contributed by atoms with van der Waals surface area (Å²) in [6.07, 6.45) is 4.44. The number of amides is 2. The van der Waals surface area contributed by atoms with E-state index in [4.69, 9.17) is 9.15 Å². The highest BCUT2D eigenvalue weighted by molar-refractivity contribution is 5.93. The van der Waals surface area contributed by atoms with Crippen molar-refractivity contribution in [2.75, 3.05) is 19.7 Å². The van der Waals surface area contributed by atoms with Gasteiger partial charge in [0.1, 0.15) is 12.9 Å². The predicted molar refractivity (Wildman–Crippen MR) is 91.9 cm³/mol. The van der Waals surface area contributed by atoms with Gasteiger partial charge in [0.15, 0.2) is 0 Å². The average Bonchev–Trinajstić information content (AvgIpc) is 3.17. The SMILES string of the molecule is O=C(COCc1ccccc1)NC1CCN(C(=O)c2ccoc2)CC1. The molecule has 0 atom stereocenters. The second-order valence-electron chi connectivity index (χ2n) is 6.12. The molecule has 2 aromatic rings. The molecule has 0 unspecified atom stereocenters. The first kappa shape index (κ1) is 17.2. The Hall–Kier alpha value is -2.60. The van der Waals surface area contributed by atoms with Crippen LogP contribution in [0.25, 0.3) is 0 Å². The van der Waals surface area contributed by atoms with Crippen molar-refractivity contribution in [2.45, 2.75) is 25.5 Å². The van der Waals surface area contributed by atoms with Crippen LogP contribution in [-0.4, -0.2) is 42.5 Å². The zero-order chi connectivity index (χ0) is 17.5. The summed E-state index contributed by atoms with van der Waals surface area (Å²) in [6.45, 7) is 1.72. The number of piperidine rings is 1. The average molecular weight is 342 g/mol. The summed E-state index contributed by atoms with van der Waals surface area (Å²) in [5.74, 6) is -0.139. The monoisotopic (exact) mass is 342 g/mol. The number of furan rings is 1. The lowest BCUT2D eigenvalue weighted by Gasteiger charge is -2.32. The number of likely N-dealkylation sites (tertiary alicyclic amines) is 1. The number of nitrogens with one attached hydrogen (secondary N) is 1. The number of benzene rings is 1. The van der Waals surface area contributed by atoms with Crippen LogP contribution >= 0.6 is 0 Å². The molecule has 1 aromatic heterocycles. The molecule has 25 heavy (non-hydrogen) atoms. The second kappa shape index (κ2) is 8.48. The van der Waals surface area contributed by atoms with E-state index in [0.29, 0.717) is 25.3 Å². The van der Waals surface area contributed by atoms with Crippen LogP contribution in [0.3, 0.4) is 0 Å². The van der Waals surface area contributed by atoms with Gasteiger partial charge in [0.05, 0.1) is 18.4 Å². The van der Waals surface area contributed by atoms with Crippen molar-refractivity contribution >= 4 is 11.8 Å². The highest BCUT2D eigenvalue weighted by atomic mass is 16.5. The van der Waals surface area contributed by atoms with Crippen molar-refractivity contribution in [2.24, 2.45) is 0 Å². The van der Waals surface area contributed by atoms with E-state index in [1.54, 1.807) is 11.0 Å². The highest BCUT2D eigenvalue weighted by Gasteiger charge is 2.24. The molecule has 0 radical (unpaired) electrons. The largest absolute Gasteiger partial charge is 0.472 e. The molecule has 1 aliphatic rings. The summed E-state index contributed by atoms with van der Waals surface area (Å²) in [7, 11) is 0. The third kappa shape index (κ3) is 4.93. The Morgan fingerprint density at radius 2 is 1.92 bits per heavy atom. The van der Waals surface area contributed by atoms with Crippen LogP contribution < -0.4 is 5.32 Å². The van der Waals surface area contributed by atoms with E-state index in [1.165, 1.54) is 12.5 Å². The molecule has 0 bridgehead atoms. The molecule has 0 spiro atoms. The molecule has 6 heteroatoms. The van der Waals surface area contributed by atoms with E-state index >= 15 is 0 Å². The number of rotatable bonds is 6. The fourth-order valence-electron chi connectivity index (χ4n) is 2.90. The Morgan fingerprint density at radius 3 is 2.60 bits per heavy atom. The summed E-state index contributed by atoms with van der Waals surface area (Å²) in [5, 5.41) is 2.98. The van der Waals surface area contributed by atoms with Gasteiger partial charge < -0.3 is 19.4 Å². The summed E-state index contributed by atoms with van der Waals surface area (Å²) < 4.78 is 10.4. The van der Waals surface area contributed by atoms with Crippen molar-refractivity contribution < 1.29 is 18.7 Å². The lowest BCUT2D eigenvalue weighted by Crippen LogP contribution is -2.47. The van der Waals surface area contributed by atoms with Crippen molar-refractivity contribution in [3.05, 3.63) is 60.1 Å². The molecule has 1 saturated heterocycles. The number of ether oxygens (including phenoxy) is 1. The smallest absolute Gasteiger partial charge is 0.257 e. The van der Waals surface area contributed by atoms with Gasteiger partial charge in [-0.15, -0.1) is 0 Å². The lowest BCUT2D eigenvalue weighted by atomic mass is 10.0. The minimum Gasteiger partial charge on any atom is -0.472 e. The fraction of sp³-hybridized carbons (Fsp3) is 0.368. The first-order chi connectivity index (χ1) is 12.2. The zero-order valence-corrected chi connectivity index (χ0v) is 14.0. The van der Waals surface area contributed by atoms with Gasteiger partial charge >= 0.3 is 0 Å². The van der Waals surface area contributed by atoms with Gasteiger partial charge in [0.25, 0.3) is 5.91 Å². The molecule has 2 amide bonds. The molecule has 6 nitrogen and oxygen atoms in total. The molecular weight excluding hydrogens is 320 g/mol. The minimum atomic E-state index is -0.115. The normalized spacial score (nSPS) is 15.1. The van der Waals surface area contributed by atoms with E-state index in [2.05, 4.69) is 5.32 Å². The summed E-state index contributed by atoms with van der Waals surface area (Å²) in [5.41, 5.74) is 1.61. The minimum absolute atomic E-state index is 0.0234. The molecule has 2 heterocycles. The highest BCUT2D eigenvalue weighted by Crippen LogP contribution is 2.14. The van der Waals surface area contributed by atoms with E-state index in [-0.39, 0.29) is 24.5 Å². The van der Waals surface area contributed by atoms with Gasteiger partial charge in [-0.1, -0.05) is 30.3 Å². The molecule has 0 saturated carbocycles. The number of carbonyl (C=O) groups is 2. The third-order valence-corrected chi connectivity index (χ3v) is 4.26. The van der Waals surface area contributed by atoms with Gasteiger partial charge in [-0.05, 0) is 24.5 Å². The van der Waals surface area contributed by atoms with Crippen LogP contribution in [-0.2, 0) is 16.1 Å². The van der Waals surface area contributed by atoms with Crippen LogP contribution in [0.5, 0.6) is 0 Å². The van der Waals surface area contributed by atoms with Crippen LogP contribution in [0.4, 0.5) is 0 Å². The van der Waals surface area contributed by atoms with E-state index < -0.39 is 0 Å². The van der Waals surface area contributed by atoms with Gasteiger partial charge in [0, 0.05) is 19.1 Å². The second-order valence-corrected chi connectivity index (χ2v) is 6.12. The first-order valence-corrected chi connectivity index (χ1v) is 8.45. The van der Waals surface area contributed by atoms with Crippen LogP contribution in [0.2, 0.25) is 0 Å². The van der Waals surface area contributed by atoms with Gasteiger partial charge in [-0.25, -0.2) is 0 Å². The molecular formula is C19H22N2O4. The van der Waals surface area contributed by atoms with E-state index in [0.717, 1.165) is 18.4 Å². The molecule has 1 fully saturated rings. The standard InChI is InChI=1S/C19H22N2O4/c22-18(14-25-12-15-4-2-1-3-5-15)20-17-6-9-21(10-7-17)19(23)16-8-11-24-13-16/h1-5,8,11,13,17H,6-7,9-10,12,14H2,(H,20,22). The van der Waals surface area contributed by atoms with Crippen molar-refractivity contribution in [3.63, 3.8) is 0 Å². The summed E-state index contributed by atoms with van der Waals surface area (Å²) in [6, 6.07) is 11.5. The Bertz CT molecular complexity index is 677. The Balaban J connectivity index is 1.35. The fourth-order valence-corrected chi connectivity index (χ4v) is 2.90. The summed E-state index contributed by atoms with van der Waals surface area (Å²) in [4.78, 5) is 26.0. The zero-order valence-electron chi connectivity index (χ0n) is 14.0. The van der Waals surface area contributed by atoms with E-state index in [1.807, 2.05) is 30.3 Å². The number of nitrogens with zero attached hydrogens (tertiary/aromatic N) is 1. The molecule has 1 aliphatic heterocycles. The third-order valence-electron chi connectivity index (χ3n) is 4.26. The maximum Gasteiger partial charge on any atom is 0.257 e. The molecule has 0 aliphatic carbocycles. The quantitative estimate of drug-likeness (QED) is 0.874.